The molecule has 3 rings (SSSR count). The summed E-state index contributed by atoms with van der Waals surface area (Å²) < 4.78 is 24.3. The zero-order valence-corrected chi connectivity index (χ0v) is 11.4. The molecule has 0 saturated heterocycles. The number of fused-ring (bicyclic) bond motifs is 1. The van der Waals surface area contributed by atoms with Crippen LogP contribution in [0.3, 0.4) is 0 Å². The van der Waals surface area contributed by atoms with Crippen LogP contribution in [0.15, 0.2) is 48.2 Å². The molecule has 0 saturated carbocycles. The van der Waals surface area contributed by atoms with Crippen molar-refractivity contribution in [3.63, 3.8) is 0 Å². The van der Waals surface area contributed by atoms with Crippen LogP contribution in [-0.4, -0.2) is 12.4 Å². The predicted octanol–water partition coefficient (Wildman–Crippen LogP) is 3.34. The van der Waals surface area contributed by atoms with Crippen molar-refractivity contribution in [2.75, 3.05) is 6.61 Å². The van der Waals surface area contributed by atoms with Crippen LogP contribution in [-0.2, 0) is 0 Å². The molecule has 108 valence electrons. The number of carbonyl (C=O) groups is 1. The van der Waals surface area contributed by atoms with Crippen molar-refractivity contribution >= 4 is 11.9 Å². The van der Waals surface area contributed by atoms with E-state index in [0.29, 0.717) is 17.1 Å². The third-order valence-corrected chi connectivity index (χ3v) is 3.14. The van der Waals surface area contributed by atoms with Crippen molar-refractivity contribution in [1.82, 2.24) is 0 Å². The zero-order chi connectivity index (χ0) is 15.5. The van der Waals surface area contributed by atoms with Crippen molar-refractivity contribution in [3.05, 3.63) is 65.2 Å². The number of hydrogen-bond donors (Lipinski definition) is 0. The van der Waals surface area contributed by atoms with Gasteiger partial charge in [0.25, 0.3) is 0 Å². The smallest absolute Gasteiger partial charge is 0.231 e. The summed E-state index contributed by atoms with van der Waals surface area (Å²) in [5, 5.41) is 8.49. The molecule has 0 spiro atoms. The number of nitriles is 1. The van der Waals surface area contributed by atoms with Crippen LogP contribution >= 0.6 is 0 Å². The maximum Gasteiger partial charge on any atom is 0.231 e. The van der Waals surface area contributed by atoms with Gasteiger partial charge in [-0.05, 0) is 24.3 Å². The average Bonchev–Trinajstić information content (AvgIpc) is 2.83. The number of ketones is 1. The highest BCUT2D eigenvalue weighted by atomic mass is 19.1. The molecule has 4 nitrogen and oxygen atoms in total. The van der Waals surface area contributed by atoms with Gasteiger partial charge in [0, 0.05) is 11.6 Å². The molecule has 5 heteroatoms. The van der Waals surface area contributed by atoms with E-state index in [1.54, 1.807) is 30.3 Å². The topological polar surface area (TPSA) is 59.3 Å². The lowest BCUT2D eigenvalue weighted by molar-refractivity contribution is 0.101. The van der Waals surface area contributed by atoms with Gasteiger partial charge in [-0.25, -0.2) is 4.39 Å². The van der Waals surface area contributed by atoms with E-state index in [-0.39, 0.29) is 23.7 Å². The number of allylic oxidation sites excluding steroid dienone is 1. The molecule has 0 bridgehead atoms. The zero-order valence-electron chi connectivity index (χ0n) is 11.4. The Hall–Kier alpha value is -3.13. The fourth-order valence-corrected chi connectivity index (χ4v) is 2.11. The molecule has 2 aromatic rings. The number of benzene rings is 2. The molecule has 0 aliphatic carbocycles. The van der Waals surface area contributed by atoms with Gasteiger partial charge in [0.15, 0.2) is 12.4 Å². The van der Waals surface area contributed by atoms with Crippen LogP contribution in [0.1, 0.15) is 15.9 Å². The van der Waals surface area contributed by atoms with Gasteiger partial charge in [-0.1, -0.05) is 18.2 Å². The second kappa shape index (κ2) is 5.70. The lowest BCUT2D eigenvalue weighted by Gasteiger charge is -2.03. The van der Waals surface area contributed by atoms with Crippen LogP contribution in [0.25, 0.3) is 6.08 Å². The quantitative estimate of drug-likeness (QED) is 0.815. The standard InChI is InChI=1S/C17H10FNO3/c18-14-4-2-1-3-11(14)9-16-17(20)13-6-5-12(21-8-7-19)10-15(13)22-16/h1-6,9-10H,8H2/b16-9-. The number of ether oxygens (including phenoxy) is 2. The van der Waals surface area contributed by atoms with Crippen LogP contribution in [0.2, 0.25) is 0 Å². The Balaban J connectivity index is 1.91. The van der Waals surface area contributed by atoms with Gasteiger partial charge in [0.05, 0.1) is 5.56 Å². The molecule has 1 aliphatic rings. The minimum atomic E-state index is -0.430. The van der Waals surface area contributed by atoms with E-state index in [1.165, 1.54) is 18.2 Å². The molecule has 0 radical (unpaired) electrons. The third-order valence-electron chi connectivity index (χ3n) is 3.14. The second-order valence-corrected chi connectivity index (χ2v) is 4.57. The van der Waals surface area contributed by atoms with Gasteiger partial charge < -0.3 is 9.47 Å². The van der Waals surface area contributed by atoms with Crippen LogP contribution in [0.5, 0.6) is 11.5 Å². The molecule has 22 heavy (non-hydrogen) atoms. The van der Waals surface area contributed by atoms with E-state index < -0.39 is 5.82 Å². The van der Waals surface area contributed by atoms with Gasteiger partial charge in [-0.15, -0.1) is 0 Å². The number of hydrogen-bond acceptors (Lipinski definition) is 4. The van der Waals surface area contributed by atoms with Gasteiger partial charge in [0.2, 0.25) is 5.78 Å². The summed E-state index contributed by atoms with van der Waals surface area (Å²) in [5.41, 5.74) is 0.659. The summed E-state index contributed by atoms with van der Waals surface area (Å²) in [7, 11) is 0. The molecule has 0 N–H and O–H groups in total. The van der Waals surface area contributed by atoms with Crippen molar-refractivity contribution in [2.24, 2.45) is 0 Å². The molecule has 0 fully saturated rings. The molecular formula is C17H10FNO3. The molecule has 1 aliphatic heterocycles. The highest BCUT2D eigenvalue weighted by Crippen LogP contribution is 2.35. The summed E-state index contributed by atoms with van der Waals surface area (Å²) in [6.07, 6.45) is 1.37. The average molecular weight is 295 g/mol. The molecule has 0 unspecified atom stereocenters. The van der Waals surface area contributed by atoms with Gasteiger partial charge >= 0.3 is 0 Å². The summed E-state index contributed by atoms with van der Waals surface area (Å²) >= 11 is 0. The molecule has 0 aromatic heterocycles. The molecular weight excluding hydrogens is 285 g/mol. The van der Waals surface area contributed by atoms with Crippen molar-refractivity contribution in [1.29, 1.82) is 5.26 Å². The van der Waals surface area contributed by atoms with Gasteiger partial charge in [0.1, 0.15) is 23.4 Å². The van der Waals surface area contributed by atoms with Gasteiger partial charge in [-0.2, -0.15) is 5.26 Å². The summed E-state index contributed by atoms with van der Waals surface area (Å²) in [6, 6.07) is 12.7. The summed E-state index contributed by atoms with van der Waals surface area (Å²) in [4.78, 5) is 12.2. The lowest BCUT2D eigenvalue weighted by Crippen LogP contribution is -1.98. The Kier molecular flexibility index (Phi) is 3.58. The monoisotopic (exact) mass is 295 g/mol. The van der Waals surface area contributed by atoms with E-state index in [9.17, 15) is 9.18 Å². The summed E-state index contributed by atoms with van der Waals surface area (Å²) in [6.45, 7) is -0.0926. The predicted molar refractivity (Wildman–Crippen MR) is 76.9 cm³/mol. The Morgan fingerprint density at radius 3 is 2.86 bits per heavy atom. The number of Topliss-reactive ketones (excluding diaryl/α,β-unsaturated/α-hetero) is 1. The molecule has 0 amide bonds. The molecule has 1 heterocycles. The van der Waals surface area contributed by atoms with Crippen LogP contribution in [0.4, 0.5) is 4.39 Å². The largest absolute Gasteiger partial charge is 0.479 e. The van der Waals surface area contributed by atoms with E-state index in [0.717, 1.165) is 0 Å². The third kappa shape index (κ3) is 2.54. The Morgan fingerprint density at radius 2 is 2.09 bits per heavy atom. The van der Waals surface area contributed by atoms with E-state index >= 15 is 0 Å². The fraction of sp³-hybridized carbons (Fsp3) is 0.0588. The lowest BCUT2D eigenvalue weighted by atomic mass is 10.1. The van der Waals surface area contributed by atoms with E-state index in [4.69, 9.17) is 14.7 Å². The Labute approximate surface area is 126 Å². The van der Waals surface area contributed by atoms with Crippen LogP contribution in [0, 0.1) is 17.1 Å². The first kappa shape index (κ1) is 13.8. The number of carbonyl (C=O) groups excluding carboxylic acids is 1. The maximum absolute atomic E-state index is 13.6. The van der Waals surface area contributed by atoms with E-state index in [2.05, 4.69) is 0 Å². The minimum absolute atomic E-state index is 0.0533. The van der Waals surface area contributed by atoms with Crippen molar-refractivity contribution < 1.29 is 18.7 Å². The van der Waals surface area contributed by atoms with Gasteiger partial charge in [-0.3, -0.25) is 4.79 Å². The first-order chi connectivity index (χ1) is 10.7. The minimum Gasteiger partial charge on any atom is -0.479 e. The summed E-state index contributed by atoms with van der Waals surface area (Å²) in [5.74, 6) is 0.0753. The Morgan fingerprint density at radius 1 is 1.27 bits per heavy atom. The fourth-order valence-electron chi connectivity index (χ4n) is 2.11. The molecule has 2 aromatic carbocycles. The maximum atomic E-state index is 13.6. The number of nitrogens with zero attached hydrogens (tertiary/aromatic N) is 1. The first-order valence-corrected chi connectivity index (χ1v) is 6.51. The van der Waals surface area contributed by atoms with E-state index in [1.807, 2.05) is 6.07 Å². The van der Waals surface area contributed by atoms with Crippen molar-refractivity contribution in [3.8, 4) is 17.6 Å². The first-order valence-electron chi connectivity index (χ1n) is 6.51. The highest BCUT2D eigenvalue weighted by Gasteiger charge is 2.28. The van der Waals surface area contributed by atoms with Crippen LogP contribution < -0.4 is 9.47 Å². The SMILES string of the molecule is N#CCOc1ccc2c(c1)O/C(=C\c1ccccc1F)C2=O. The molecule has 0 atom stereocenters. The number of rotatable bonds is 3. The van der Waals surface area contributed by atoms with Crippen molar-refractivity contribution in [2.45, 2.75) is 0 Å². The number of halogens is 1. The Bertz CT molecular complexity index is 821. The normalized spacial score (nSPS) is 14.4. The highest BCUT2D eigenvalue weighted by molar-refractivity contribution is 6.14. The second-order valence-electron chi connectivity index (χ2n) is 4.57.